The van der Waals surface area contributed by atoms with Gasteiger partial charge in [-0.2, -0.15) is 0 Å². The Morgan fingerprint density at radius 1 is 1.12 bits per heavy atom. The van der Waals surface area contributed by atoms with E-state index in [4.69, 9.17) is 0 Å². The molecular formula is C21H27NOS. The lowest BCUT2D eigenvalue weighted by molar-refractivity contribution is 0.136. The number of aliphatic hydroxyl groups is 1. The molecule has 0 saturated heterocycles. The third-order valence-corrected chi connectivity index (χ3v) is 5.85. The summed E-state index contributed by atoms with van der Waals surface area (Å²) in [6.07, 6.45) is 4.13. The number of nitrogens with one attached hydrogen (secondary N) is 1. The first-order chi connectivity index (χ1) is 11.7. The first kappa shape index (κ1) is 17.5. The van der Waals surface area contributed by atoms with Gasteiger partial charge in [-0.3, -0.25) is 0 Å². The monoisotopic (exact) mass is 341 g/mol. The minimum atomic E-state index is -0.435. The van der Waals surface area contributed by atoms with E-state index in [9.17, 15) is 5.11 Å². The Morgan fingerprint density at radius 2 is 1.96 bits per heavy atom. The summed E-state index contributed by atoms with van der Waals surface area (Å²) in [5.41, 5.74) is 3.84. The Bertz CT molecular complexity index is 644. The first-order valence-corrected chi connectivity index (χ1v) is 9.93. The van der Waals surface area contributed by atoms with Gasteiger partial charge in [-0.1, -0.05) is 42.5 Å². The predicted octanol–water partition coefficient (Wildman–Crippen LogP) is 4.37. The second kappa shape index (κ2) is 8.70. The van der Waals surface area contributed by atoms with Crippen molar-refractivity contribution in [2.45, 2.75) is 49.6 Å². The molecule has 0 spiro atoms. The van der Waals surface area contributed by atoms with Crippen LogP contribution in [0.1, 0.15) is 42.6 Å². The molecule has 0 fully saturated rings. The highest BCUT2D eigenvalue weighted by Crippen LogP contribution is 2.33. The summed E-state index contributed by atoms with van der Waals surface area (Å²) in [5, 5.41) is 14.1. The minimum absolute atomic E-state index is 0.0776. The fourth-order valence-electron chi connectivity index (χ4n) is 3.22. The number of hydrogen-bond acceptors (Lipinski definition) is 3. The van der Waals surface area contributed by atoms with Crippen molar-refractivity contribution in [3.63, 3.8) is 0 Å². The van der Waals surface area contributed by atoms with Gasteiger partial charge in [0.2, 0.25) is 0 Å². The maximum atomic E-state index is 10.6. The van der Waals surface area contributed by atoms with E-state index in [1.165, 1.54) is 28.2 Å². The number of aliphatic hydroxyl groups excluding tert-OH is 1. The summed E-state index contributed by atoms with van der Waals surface area (Å²) in [6, 6.07) is 17.1. The summed E-state index contributed by atoms with van der Waals surface area (Å²) in [5.74, 6) is 1.17. The largest absolute Gasteiger partial charge is 0.387 e. The van der Waals surface area contributed by atoms with Crippen LogP contribution in [-0.4, -0.2) is 23.4 Å². The van der Waals surface area contributed by atoms with Crippen LogP contribution in [0, 0.1) is 0 Å². The molecular weight excluding hydrogens is 314 g/mol. The van der Waals surface area contributed by atoms with Crippen molar-refractivity contribution < 1.29 is 5.11 Å². The van der Waals surface area contributed by atoms with Crippen molar-refractivity contribution in [3.05, 3.63) is 65.2 Å². The summed E-state index contributed by atoms with van der Waals surface area (Å²) in [4.78, 5) is 1.38. The normalized spacial score (nSPS) is 15.9. The van der Waals surface area contributed by atoms with Crippen molar-refractivity contribution in [3.8, 4) is 0 Å². The van der Waals surface area contributed by atoms with Gasteiger partial charge in [-0.05, 0) is 61.9 Å². The zero-order chi connectivity index (χ0) is 16.8. The third-order valence-electron chi connectivity index (χ3n) is 4.73. The number of rotatable bonds is 8. The molecule has 2 N–H and O–H groups in total. The van der Waals surface area contributed by atoms with E-state index >= 15 is 0 Å². The topological polar surface area (TPSA) is 32.3 Å². The van der Waals surface area contributed by atoms with Gasteiger partial charge in [0.25, 0.3) is 0 Å². The van der Waals surface area contributed by atoms with Gasteiger partial charge in [0.05, 0.1) is 6.10 Å². The molecule has 128 valence electrons. The highest BCUT2D eigenvalue weighted by molar-refractivity contribution is 7.99. The van der Waals surface area contributed by atoms with Crippen LogP contribution >= 0.6 is 11.8 Å². The molecule has 1 aliphatic heterocycles. The highest BCUT2D eigenvalue weighted by Gasteiger charge is 2.19. The fourth-order valence-corrected chi connectivity index (χ4v) is 4.27. The number of unbranched alkanes of at least 4 members (excludes halogenated alkanes) is 1. The summed E-state index contributed by atoms with van der Waals surface area (Å²) < 4.78 is 0. The quantitative estimate of drug-likeness (QED) is 0.699. The molecule has 3 rings (SSSR count). The van der Waals surface area contributed by atoms with Crippen LogP contribution in [0.15, 0.2) is 53.4 Å². The summed E-state index contributed by atoms with van der Waals surface area (Å²) in [6.45, 7) is 3.02. The number of fused-ring (bicyclic) bond motifs is 1. The van der Waals surface area contributed by atoms with Crippen molar-refractivity contribution >= 4 is 11.8 Å². The van der Waals surface area contributed by atoms with Gasteiger partial charge in [-0.25, -0.2) is 0 Å². The molecule has 1 heterocycles. The van der Waals surface area contributed by atoms with Crippen LogP contribution in [-0.2, 0) is 12.8 Å². The number of aryl methyl sites for hydroxylation is 2. The van der Waals surface area contributed by atoms with Gasteiger partial charge in [0.1, 0.15) is 0 Å². The smallest absolute Gasteiger partial charge is 0.0940 e. The van der Waals surface area contributed by atoms with Gasteiger partial charge in [-0.15, -0.1) is 11.8 Å². The van der Waals surface area contributed by atoms with Crippen LogP contribution in [0.25, 0.3) is 0 Å². The highest BCUT2D eigenvalue weighted by atomic mass is 32.2. The number of hydrogen-bond donors (Lipinski definition) is 2. The van der Waals surface area contributed by atoms with Crippen LogP contribution in [0.3, 0.4) is 0 Å². The van der Waals surface area contributed by atoms with E-state index in [1.54, 1.807) is 0 Å². The van der Waals surface area contributed by atoms with Crippen LogP contribution < -0.4 is 5.32 Å². The van der Waals surface area contributed by atoms with Crippen molar-refractivity contribution in [2.24, 2.45) is 0 Å². The molecule has 2 nitrogen and oxygen atoms in total. The Labute approximate surface area is 149 Å². The molecule has 0 aliphatic carbocycles. The summed E-state index contributed by atoms with van der Waals surface area (Å²) >= 11 is 1.92. The average Bonchev–Trinajstić information content (AvgIpc) is 3.09. The van der Waals surface area contributed by atoms with E-state index < -0.39 is 6.10 Å². The van der Waals surface area contributed by atoms with Gasteiger partial charge in [0, 0.05) is 16.7 Å². The molecule has 0 radical (unpaired) electrons. The molecule has 0 bridgehead atoms. The van der Waals surface area contributed by atoms with E-state index in [1.807, 2.05) is 11.8 Å². The Balaban J connectivity index is 1.40. The molecule has 1 unspecified atom stereocenters. The molecule has 2 aromatic rings. The Hall–Kier alpha value is -1.29. The maximum absolute atomic E-state index is 10.6. The van der Waals surface area contributed by atoms with E-state index in [-0.39, 0.29) is 6.04 Å². The van der Waals surface area contributed by atoms with Crippen LogP contribution in [0.5, 0.6) is 0 Å². The average molecular weight is 342 g/mol. The van der Waals surface area contributed by atoms with E-state index in [2.05, 4.69) is 60.8 Å². The predicted molar refractivity (Wildman–Crippen MR) is 103 cm³/mol. The van der Waals surface area contributed by atoms with Gasteiger partial charge in [0.15, 0.2) is 0 Å². The Kier molecular flexibility index (Phi) is 6.36. The first-order valence-electron chi connectivity index (χ1n) is 8.95. The molecule has 1 aliphatic rings. The van der Waals surface area contributed by atoms with Gasteiger partial charge < -0.3 is 10.4 Å². The third kappa shape index (κ3) is 4.62. The lowest BCUT2D eigenvalue weighted by Gasteiger charge is -2.21. The van der Waals surface area contributed by atoms with Crippen molar-refractivity contribution in [1.29, 1.82) is 0 Å². The summed E-state index contributed by atoms with van der Waals surface area (Å²) in [7, 11) is 0. The fraction of sp³-hybridized carbons (Fsp3) is 0.429. The molecule has 0 saturated carbocycles. The van der Waals surface area contributed by atoms with Crippen LogP contribution in [0.4, 0.5) is 0 Å². The molecule has 2 aromatic carbocycles. The van der Waals surface area contributed by atoms with E-state index in [0.29, 0.717) is 0 Å². The van der Waals surface area contributed by atoms with Crippen LogP contribution in [0.2, 0.25) is 0 Å². The minimum Gasteiger partial charge on any atom is -0.387 e. The lowest BCUT2D eigenvalue weighted by Crippen LogP contribution is -2.33. The molecule has 3 heteroatoms. The molecule has 0 amide bonds. The zero-order valence-electron chi connectivity index (χ0n) is 14.4. The molecule has 24 heavy (non-hydrogen) atoms. The van der Waals surface area contributed by atoms with E-state index in [0.717, 1.165) is 31.4 Å². The zero-order valence-corrected chi connectivity index (χ0v) is 15.2. The standard InChI is InChI=1S/C21H27NOS/c1-16(22-13-6-5-9-17-7-3-2-4-8-17)21(23)19-10-11-20-18(15-19)12-14-24-20/h2-4,7-8,10-11,15-16,21-23H,5-6,9,12-14H2,1H3/t16?,21-/m1/s1. The lowest BCUT2D eigenvalue weighted by atomic mass is 10.00. The molecule has 0 aromatic heterocycles. The second-order valence-electron chi connectivity index (χ2n) is 6.60. The number of thioether (sulfide) groups is 1. The maximum Gasteiger partial charge on any atom is 0.0940 e. The van der Waals surface area contributed by atoms with Crippen molar-refractivity contribution in [2.75, 3.05) is 12.3 Å². The Morgan fingerprint density at radius 3 is 2.79 bits per heavy atom. The van der Waals surface area contributed by atoms with Gasteiger partial charge >= 0.3 is 0 Å². The second-order valence-corrected chi connectivity index (χ2v) is 7.73. The SMILES string of the molecule is CC(NCCCCc1ccccc1)[C@@H](O)c1ccc2c(c1)CCS2. The van der Waals surface area contributed by atoms with Crippen molar-refractivity contribution in [1.82, 2.24) is 5.32 Å². The number of benzene rings is 2. The molecule has 2 atom stereocenters.